The van der Waals surface area contributed by atoms with Crippen LogP contribution in [-0.4, -0.2) is 48.8 Å². The predicted molar refractivity (Wildman–Crippen MR) is 73.9 cm³/mol. The molecule has 0 saturated carbocycles. The highest BCUT2D eigenvalue weighted by Gasteiger charge is 2.15. The number of hydrogen-bond donors (Lipinski definition) is 2. The van der Waals surface area contributed by atoms with E-state index in [1.165, 1.54) is 5.56 Å². The maximum absolute atomic E-state index is 10.7. The molecule has 0 aromatic heterocycles. The summed E-state index contributed by atoms with van der Waals surface area (Å²) in [6.45, 7) is 3.62. The molecule has 1 atom stereocenters. The van der Waals surface area contributed by atoms with Gasteiger partial charge in [-0.1, -0.05) is 6.07 Å². The van der Waals surface area contributed by atoms with Crippen molar-refractivity contribution in [2.45, 2.75) is 19.4 Å². The Morgan fingerprint density at radius 1 is 1.58 bits per heavy atom. The van der Waals surface area contributed by atoms with Crippen molar-refractivity contribution in [1.82, 2.24) is 4.90 Å². The molecule has 0 bridgehead atoms. The number of aliphatic carboxylic acids is 1. The fourth-order valence-corrected chi connectivity index (χ4v) is 2.18. The van der Waals surface area contributed by atoms with Crippen LogP contribution in [0, 0.1) is 0 Å². The molecule has 0 fully saturated rings. The number of carboxylic acids is 1. The minimum atomic E-state index is -0.796. The second-order valence-corrected chi connectivity index (χ2v) is 4.97. The van der Waals surface area contributed by atoms with Gasteiger partial charge in [-0.25, -0.2) is 0 Å². The molecule has 1 aliphatic rings. The van der Waals surface area contributed by atoms with E-state index in [1.807, 2.05) is 31.0 Å². The number of nitrogens with zero attached hydrogens (tertiary/aromatic N) is 1. The molecule has 0 spiro atoms. The Morgan fingerprint density at radius 3 is 3.11 bits per heavy atom. The average molecular weight is 264 g/mol. The molecular formula is C14H20N2O3. The van der Waals surface area contributed by atoms with E-state index in [0.717, 1.165) is 24.4 Å². The van der Waals surface area contributed by atoms with Gasteiger partial charge >= 0.3 is 5.97 Å². The van der Waals surface area contributed by atoms with Crippen LogP contribution in [-0.2, 0) is 11.2 Å². The molecule has 0 radical (unpaired) electrons. The molecule has 0 amide bonds. The summed E-state index contributed by atoms with van der Waals surface area (Å²) in [5.41, 5.74) is 2.21. The van der Waals surface area contributed by atoms with E-state index in [4.69, 9.17) is 9.84 Å². The van der Waals surface area contributed by atoms with Crippen LogP contribution in [0.4, 0.5) is 5.69 Å². The van der Waals surface area contributed by atoms with Gasteiger partial charge in [0.1, 0.15) is 12.4 Å². The summed E-state index contributed by atoms with van der Waals surface area (Å²) in [4.78, 5) is 12.5. The Kier molecular flexibility index (Phi) is 4.27. The third kappa shape index (κ3) is 3.61. The Hall–Kier alpha value is -1.75. The molecule has 1 aromatic rings. The van der Waals surface area contributed by atoms with Gasteiger partial charge in [0.15, 0.2) is 0 Å². The fourth-order valence-electron chi connectivity index (χ4n) is 2.18. The fraction of sp³-hybridized carbons (Fsp3) is 0.500. The number of carbonyl (C=O) groups is 1. The lowest BCUT2D eigenvalue weighted by Crippen LogP contribution is -2.35. The van der Waals surface area contributed by atoms with Crippen molar-refractivity contribution in [1.29, 1.82) is 0 Å². The normalized spacial score (nSPS) is 15.3. The molecule has 1 aliphatic heterocycles. The molecule has 19 heavy (non-hydrogen) atoms. The number of hydrogen-bond acceptors (Lipinski definition) is 4. The third-order valence-corrected chi connectivity index (χ3v) is 3.39. The van der Waals surface area contributed by atoms with Crippen molar-refractivity contribution in [2.24, 2.45) is 0 Å². The van der Waals surface area contributed by atoms with Gasteiger partial charge in [-0.05, 0) is 38.1 Å². The lowest BCUT2D eigenvalue weighted by Gasteiger charge is -2.24. The van der Waals surface area contributed by atoms with Crippen LogP contribution in [0.25, 0.3) is 0 Å². The molecule has 1 unspecified atom stereocenters. The highest BCUT2D eigenvalue weighted by Crippen LogP contribution is 2.28. The molecule has 0 saturated heterocycles. The molecule has 1 aromatic carbocycles. The first kappa shape index (κ1) is 13.7. The van der Waals surface area contributed by atoms with Gasteiger partial charge in [0, 0.05) is 12.6 Å². The standard InChI is InChI=1S/C14H20N2O3/c1-10(16(2)9-14(17)18)7-11-3-4-13-12(8-11)15-5-6-19-13/h3-4,8,10,15H,5-7,9H2,1-2H3,(H,17,18). The van der Waals surface area contributed by atoms with Gasteiger partial charge in [-0.3, -0.25) is 9.69 Å². The molecule has 1 heterocycles. The zero-order chi connectivity index (χ0) is 13.8. The Bertz CT molecular complexity index is 462. The summed E-state index contributed by atoms with van der Waals surface area (Å²) >= 11 is 0. The molecule has 2 rings (SSSR count). The van der Waals surface area contributed by atoms with Crippen molar-refractivity contribution in [3.63, 3.8) is 0 Å². The Balaban J connectivity index is 2.00. The number of likely N-dealkylation sites (N-methyl/N-ethyl adjacent to an activating group) is 1. The number of carboxylic acid groups (broad SMARTS) is 1. The highest BCUT2D eigenvalue weighted by atomic mass is 16.5. The zero-order valence-corrected chi connectivity index (χ0v) is 11.3. The second kappa shape index (κ2) is 5.93. The highest BCUT2D eigenvalue weighted by molar-refractivity contribution is 5.69. The average Bonchev–Trinajstić information content (AvgIpc) is 2.37. The van der Waals surface area contributed by atoms with Crippen LogP contribution in [0.15, 0.2) is 18.2 Å². The first-order valence-electron chi connectivity index (χ1n) is 6.48. The van der Waals surface area contributed by atoms with Crippen LogP contribution in [0.5, 0.6) is 5.75 Å². The molecule has 5 heteroatoms. The topological polar surface area (TPSA) is 61.8 Å². The summed E-state index contributed by atoms with van der Waals surface area (Å²) in [6, 6.07) is 6.27. The largest absolute Gasteiger partial charge is 0.490 e. The van der Waals surface area contributed by atoms with E-state index >= 15 is 0 Å². The number of anilines is 1. The van der Waals surface area contributed by atoms with Crippen LogP contribution < -0.4 is 10.1 Å². The number of benzene rings is 1. The quantitative estimate of drug-likeness (QED) is 0.842. The lowest BCUT2D eigenvalue weighted by molar-refractivity contribution is -0.138. The predicted octanol–water partition coefficient (Wildman–Crippen LogP) is 1.44. The van der Waals surface area contributed by atoms with Crippen molar-refractivity contribution < 1.29 is 14.6 Å². The summed E-state index contributed by atoms with van der Waals surface area (Å²) in [5.74, 6) is 0.0939. The number of nitrogens with one attached hydrogen (secondary N) is 1. The summed E-state index contributed by atoms with van der Waals surface area (Å²) < 4.78 is 5.53. The van der Waals surface area contributed by atoms with Crippen LogP contribution in [0.3, 0.4) is 0 Å². The maximum atomic E-state index is 10.7. The molecule has 0 aliphatic carbocycles. The number of fused-ring (bicyclic) bond motifs is 1. The summed E-state index contributed by atoms with van der Waals surface area (Å²) in [5, 5.41) is 12.1. The smallest absolute Gasteiger partial charge is 0.317 e. The van der Waals surface area contributed by atoms with Crippen molar-refractivity contribution in [2.75, 3.05) is 32.1 Å². The van der Waals surface area contributed by atoms with E-state index in [-0.39, 0.29) is 12.6 Å². The lowest BCUT2D eigenvalue weighted by atomic mass is 10.0. The maximum Gasteiger partial charge on any atom is 0.317 e. The van der Waals surface area contributed by atoms with Crippen molar-refractivity contribution in [3.05, 3.63) is 23.8 Å². The van der Waals surface area contributed by atoms with Gasteiger partial charge in [-0.2, -0.15) is 0 Å². The van der Waals surface area contributed by atoms with Crippen molar-refractivity contribution in [3.8, 4) is 5.75 Å². The van der Waals surface area contributed by atoms with E-state index in [9.17, 15) is 4.79 Å². The van der Waals surface area contributed by atoms with Crippen LogP contribution in [0.1, 0.15) is 12.5 Å². The first-order chi connectivity index (χ1) is 9.06. The Morgan fingerprint density at radius 2 is 2.37 bits per heavy atom. The molecular weight excluding hydrogens is 244 g/mol. The summed E-state index contributed by atoms with van der Waals surface area (Å²) in [6.07, 6.45) is 0.818. The molecule has 104 valence electrons. The van der Waals surface area contributed by atoms with Crippen molar-refractivity contribution >= 4 is 11.7 Å². The SMILES string of the molecule is CC(Cc1ccc2c(c1)NCCO2)N(C)CC(=O)O. The number of ether oxygens (including phenoxy) is 1. The number of rotatable bonds is 5. The summed E-state index contributed by atoms with van der Waals surface area (Å²) in [7, 11) is 1.83. The van der Waals surface area contributed by atoms with Crippen LogP contribution in [0.2, 0.25) is 0 Å². The van der Waals surface area contributed by atoms with Gasteiger partial charge in [-0.15, -0.1) is 0 Å². The van der Waals surface area contributed by atoms with E-state index in [0.29, 0.717) is 6.61 Å². The van der Waals surface area contributed by atoms with Crippen LogP contribution >= 0.6 is 0 Å². The van der Waals surface area contributed by atoms with E-state index < -0.39 is 5.97 Å². The van der Waals surface area contributed by atoms with Gasteiger partial charge < -0.3 is 15.2 Å². The van der Waals surface area contributed by atoms with E-state index in [2.05, 4.69) is 11.4 Å². The Labute approximate surface area is 113 Å². The second-order valence-electron chi connectivity index (χ2n) is 4.97. The van der Waals surface area contributed by atoms with E-state index in [1.54, 1.807) is 0 Å². The molecule has 5 nitrogen and oxygen atoms in total. The van der Waals surface area contributed by atoms with Gasteiger partial charge in [0.05, 0.1) is 12.2 Å². The monoisotopic (exact) mass is 264 g/mol. The van der Waals surface area contributed by atoms with Gasteiger partial charge in [0.25, 0.3) is 0 Å². The minimum absolute atomic E-state index is 0.0630. The first-order valence-corrected chi connectivity index (χ1v) is 6.48. The third-order valence-electron chi connectivity index (χ3n) is 3.39. The van der Waals surface area contributed by atoms with Gasteiger partial charge in [0.2, 0.25) is 0 Å². The zero-order valence-electron chi connectivity index (χ0n) is 11.3. The molecule has 2 N–H and O–H groups in total. The minimum Gasteiger partial charge on any atom is -0.490 e.